The number of hydrogen-bond donors (Lipinski definition) is 2. The Labute approximate surface area is 124 Å². The molecule has 1 aliphatic rings. The highest BCUT2D eigenvalue weighted by Crippen LogP contribution is 2.38. The van der Waals surface area contributed by atoms with Crippen molar-refractivity contribution in [3.63, 3.8) is 0 Å². The van der Waals surface area contributed by atoms with Crippen molar-refractivity contribution < 1.29 is 9.90 Å². The molecule has 116 valence electrons. The third-order valence-electron chi connectivity index (χ3n) is 4.17. The van der Waals surface area contributed by atoms with Crippen molar-refractivity contribution in [2.75, 3.05) is 11.9 Å². The lowest BCUT2D eigenvalue weighted by Gasteiger charge is -2.25. The van der Waals surface area contributed by atoms with Gasteiger partial charge in [-0.15, -0.1) is 0 Å². The van der Waals surface area contributed by atoms with E-state index in [1.807, 2.05) is 20.8 Å². The molecule has 6 nitrogen and oxygen atoms in total. The highest BCUT2D eigenvalue weighted by Gasteiger charge is 2.41. The fraction of sp³-hybridized carbons (Fsp3) is 0.667. The molecule has 1 aliphatic carbocycles. The molecule has 2 rings (SSSR count). The lowest BCUT2D eigenvalue weighted by Crippen LogP contribution is -2.39. The second-order valence-electron chi connectivity index (χ2n) is 6.77. The SMILES string of the molecule is CC(C)(C)n1ccnc(NCC2(C(=O)O)CCCC2)c1=O. The van der Waals surface area contributed by atoms with E-state index in [-0.39, 0.29) is 23.5 Å². The van der Waals surface area contributed by atoms with Crippen molar-refractivity contribution in [1.82, 2.24) is 9.55 Å². The van der Waals surface area contributed by atoms with Crippen LogP contribution in [0.25, 0.3) is 0 Å². The highest BCUT2D eigenvalue weighted by molar-refractivity contribution is 5.75. The van der Waals surface area contributed by atoms with Crippen LogP contribution in [0.15, 0.2) is 17.2 Å². The van der Waals surface area contributed by atoms with E-state index in [2.05, 4.69) is 10.3 Å². The summed E-state index contributed by atoms with van der Waals surface area (Å²) >= 11 is 0. The smallest absolute Gasteiger partial charge is 0.311 e. The Morgan fingerprint density at radius 1 is 1.43 bits per heavy atom. The molecule has 1 fully saturated rings. The van der Waals surface area contributed by atoms with E-state index in [1.54, 1.807) is 17.0 Å². The summed E-state index contributed by atoms with van der Waals surface area (Å²) in [5, 5.41) is 12.4. The quantitative estimate of drug-likeness (QED) is 0.887. The van der Waals surface area contributed by atoms with E-state index in [0.29, 0.717) is 12.8 Å². The molecule has 0 saturated heterocycles. The second kappa shape index (κ2) is 5.50. The van der Waals surface area contributed by atoms with Crippen LogP contribution < -0.4 is 10.9 Å². The van der Waals surface area contributed by atoms with Crippen molar-refractivity contribution in [2.45, 2.75) is 52.0 Å². The van der Waals surface area contributed by atoms with Crippen LogP contribution in [0.5, 0.6) is 0 Å². The Balaban J connectivity index is 2.21. The molecule has 0 radical (unpaired) electrons. The predicted molar refractivity (Wildman–Crippen MR) is 80.5 cm³/mol. The maximum atomic E-state index is 12.4. The first-order valence-electron chi connectivity index (χ1n) is 7.32. The van der Waals surface area contributed by atoms with E-state index in [4.69, 9.17) is 0 Å². The summed E-state index contributed by atoms with van der Waals surface area (Å²) < 4.78 is 1.60. The van der Waals surface area contributed by atoms with Gasteiger partial charge in [0.15, 0.2) is 5.82 Å². The predicted octanol–water partition coefficient (Wildman–Crippen LogP) is 2.06. The number of aromatic nitrogens is 2. The largest absolute Gasteiger partial charge is 0.481 e. The van der Waals surface area contributed by atoms with Crippen molar-refractivity contribution in [3.8, 4) is 0 Å². The molecule has 0 aromatic carbocycles. The maximum absolute atomic E-state index is 12.4. The number of carboxylic acids is 1. The Morgan fingerprint density at radius 3 is 2.57 bits per heavy atom. The van der Waals surface area contributed by atoms with Crippen LogP contribution in [-0.4, -0.2) is 27.2 Å². The zero-order valence-corrected chi connectivity index (χ0v) is 12.8. The third kappa shape index (κ3) is 3.09. The summed E-state index contributed by atoms with van der Waals surface area (Å²) in [5.74, 6) is -0.570. The Morgan fingerprint density at radius 2 is 2.05 bits per heavy atom. The molecular weight excluding hydrogens is 270 g/mol. The Kier molecular flexibility index (Phi) is 4.07. The van der Waals surface area contributed by atoms with Gasteiger partial charge in [0.25, 0.3) is 5.56 Å². The van der Waals surface area contributed by atoms with E-state index < -0.39 is 11.4 Å². The fourth-order valence-electron chi connectivity index (χ4n) is 2.83. The summed E-state index contributed by atoms with van der Waals surface area (Å²) in [7, 11) is 0. The van der Waals surface area contributed by atoms with Crippen LogP contribution in [0, 0.1) is 5.41 Å². The van der Waals surface area contributed by atoms with Crippen molar-refractivity contribution >= 4 is 11.8 Å². The molecule has 6 heteroatoms. The molecule has 0 bridgehead atoms. The highest BCUT2D eigenvalue weighted by atomic mass is 16.4. The first kappa shape index (κ1) is 15.5. The van der Waals surface area contributed by atoms with Gasteiger partial charge in [-0.3, -0.25) is 9.59 Å². The molecule has 0 amide bonds. The summed E-state index contributed by atoms with van der Waals surface area (Å²) in [5.41, 5.74) is -1.33. The van der Waals surface area contributed by atoms with Gasteiger partial charge >= 0.3 is 5.97 Å². The van der Waals surface area contributed by atoms with Crippen molar-refractivity contribution in [2.24, 2.45) is 5.41 Å². The van der Waals surface area contributed by atoms with Crippen LogP contribution >= 0.6 is 0 Å². The van der Waals surface area contributed by atoms with Crippen molar-refractivity contribution in [3.05, 3.63) is 22.7 Å². The minimum Gasteiger partial charge on any atom is -0.481 e. The first-order valence-corrected chi connectivity index (χ1v) is 7.32. The van der Waals surface area contributed by atoms with Gasteiger partial charge in [-0.25, -0.2) is 4.98 Å². The molecule has 0 aliphatic heterocycles. The van der Waals surface area contributed by atoms with E-state index in [9.17, 15) is 14.7 Å². The minimum atomic E-state index is -0.792. The van der Waals surface area contributed by atoms with Gasteiger partial charge in [-0.05, 0) is 33.6 Å². The lowest BCUT2D eigenvalue weighted by atomic mass is 9.86. The molecule has 1 saturated carbocycles. The zero-order valence-electron chi connectivity index (χ0n) is 12.8. The number of carbonyl (C=O) groups is 1. The minimum absolute atomic E-state index is 0.219. The van der Waals surface area contributed by atoms with Gasteiger partial charge in [0.05, 0.1) is 5.41 Å². The fourth-order valence-corrected chi connectivity index (χ4v) is 2.83. The van der Waals surface area contributed by atoms with Gasteiger partial charge in [0.2, 0.25) is 0 Å². The Hall–Kier alpha value is -1.85. The standard InChI is InChI=1S/C15H23N3O3/c1-14(2,3)18-9-8-16-11(12(18)19)17-10-15(13(20)21)6-4-5-7-15/h8-9H,4-7,10H2,1-3H3,(H,16,17)(H,20,21). The van der Waals surface area contributed by atoms with Crippen molar-refractivity contribution in [1.29, 1.82) is 0 Å². The maximum Gasteiger partial charge on any atom is 0.311 e. The van der Waals surface area contributed by atoms with Gasteiger partial charge in [-0.2, -0.15) is 0 Å². The van der Waals surface area contributed by atoms with E-state index >= 15 is 0 Å². The molecule has 2 N–H and O–H groups in total. The van der Waals surface area contributed by atoms with Crippen LogP contribution in [0.4, 0.5) is 5.82 Å². The second-order valence-corrected chi connectivity index (χ2v) is 6.77. The van der Waals surface area contributed by atoms with Crippen LogP contribution in [0.3, 0.4) is 0 Å². The summed E-state index contributed by atoms with van der Waals surface area (Å²) in [4.78, 5) is 28.0. The summed E-state index contributed by atoms with van der Waals surface area (Å²) in [6, 6.07) is 0. The number of nitrogens with zero attached hydrogens (tertiary/aromatic N) is 2. The number of rotatable bonds is 4. The number of carboxylic acid groups (broad SMARTS) is 1. The molecule has 0 atom stereocenters. The number of aliphatic carboxylic acids is 1. The normalized spacial score (nSPS) is 17.7. The number of anilines is 1. The third-order valence-corrected chi connectivity index (χ3v) is 4.17. The van der Waals surface area contributed by atoms with Crippen LogP contribution in [0.1, 0.15) is 46.5 Å². The van der Waals surface area contributed by atoms with E-state index in [1.165, 1.54) is 0 Å². The van der Waals surface area contributed by atoms with Gasteiger partial charge < -0.3 is 15.0 Å². The zero-order chi connectivity index (χ0) is 15.7. The Bertz CT molecular complexity index is 581. The van der Waals surface area contributed by atoms with Gasteiger partial charge in [0.1, 0.15) is 0 Å². The average Bonchev–Trinajstić information content (AvgIpc) is 2.86. The van der Waals surface area contributed by atoms with E-state index in [0.717, 1.165) is 12.8 Å². The monoisotopic (exact) mass is 293 g/mol. The summed E-state index contributed by atoms with van der Waals surface area (Å²) in [6.45, 7) is 6.06. The van der Waals surface area contributed by atoms with Gasteiger partial charge in [-0.1, -0.05) is 12.8 Å². The molecule has 1 heterocycles. The molecule has 1 aromatic rings. The average molecular weight is 293 g/mol. The molecular formula is C15H23N3O3. The molecule has 21 heavy (non-hydrogen) atoms. The van der Waals surface area contributed by atoms with Gasteiger partial charge in [0, 0.05) is 24.5 Å². The molecule has 1 aromatic heterocycles. The van der Waals surface area contributed by atoms with Crippen LogP contribution in [0.2, 0.25) is 0 Å². The number of nitrogens with one attached hydrogen (secondary N) is 1. The molecule has 0 spiro atoms. The summed E-state index contributed by atoms with van der Waals surface area (Å²) in [6.07, 6.45) is 6.35. The number of hydrogen-bond acceptors (Lipinski definition) is 4. The lowest BCUT2D eigenvalue weighted by molar-refractivity contribution is -0.147. The topological polar surface area (TPSA) is 84.2 Å². The van der Waals surface area contributed by atoms with Crippen LogP contribution in [-0.2, 0) is 10.3 Å². The first-order chi connectivity index (χ1) is 9.76. The molecule has 0 unspecified atom stereocenters.